The van der Waals surface area contributed by atoms with Gasteiger partial charge in [-0.3, -0.25) is 9.67 Å². The van der Waals surface area contributed by atoms with Gasteiger partial charge in [0, 0.05) is 29.3 Å². The maximum absolute atomic E-state index is 11.1. The molecule has 4 aromatic heterocycles. The molecule has 172 valence electrons. The van der Waals surface area contributed by atoms with Crippen molar-refractivity contribution in [2.24, 2.45) is 0 Å². The van der Waals surface area contributed by atoms with Crippen LogP contribution >= 0.6 is 0 Å². The molecular weight excluding hydrogens is 442 g/mol. The Hall–Kier alpha value is -4.49. The van der Waals surface area contributed by atoms with E-state index in [2.05, 4.69) is 36.3 Å². The zero-order chi connectivity index (χ0) is 24.2. The number of hydrogen-bond donors (Lipinski definition) is 2. The summed E-state index contributed by atoms with van der Waals surface area (Å²) in [5.74, 6) is 0.232. The third-order valence-corrected chi connectivity index (χ3v) is 6.61. The highest BCUT2D eigenvalue weighted by atomic mass is 16.3. The van der Waals surface area contributed by atoms with E-state index >= 15 is 0 Å². The van der Waals surface area contributed by atoms with Crippen molar-refractivity contribution in [2.75, 3.05) is 0 Å². The Balaban J connectivity index is 1.40. The average Bonchev–Trinajstić information content (AvgIpc) is 3.51. The van der Waals surface area contributed by atoms with Crippen LogP contribution in [0.25, 0.3) is 33.9 Å². The summed E-state index contributed by atoms with van der Waals surface area (Å²) in [5.41, 5.74) is 5.16. The molecule has 0 saturated carbocycles. The van der Waals surface area contributed by atoms with Crippen molar-refractivity contribution in [3.05, 3.63) is 71.4 Å². The van der Waals surface area contributed by atoms with Gasteiger partial charge in [-0.25, -0.2) is 15.0 Å². The van der Waals surface area contributed by atoms with Crippen molar-refractivity contribution >= 4 is 11.2 Å². The first-order chi connectivity index (χ1) is 16.9. The number of imidazole rings is 1. The summed E-state index contributed by atoms with van der Waals surface area (Å²) in [7, 11) is 0. The number of aliphatic hydroxyl groups is 1. The van der Waals surface area contributed by atoms with Crippen LogP contribution < -0.4 is 0 Å². The Bertz CT molecular complexity index is 1630. The van der Waals surface area contributed by atoms with Crippen LogP contribution in [0.15, 0.2) is 48.9 Å². The predicted molar refractivity (Wildman–Crippen MR) is 127 cm³/mol. The van der Waals surface area contributed by atoms with E-state index in [1.165, 1.54) is 0 Å². The number of nitrogens with one attached hydrogen (secondary N) is 1. The van der Waals surface area contributed by atoms with Crippen molar-refractivity contribution in [3.8, 4) is 28.8 Å². The van der Waals surface area contributed by atoms with Crippen LogP contribution in [-0.2, 0) is 13.0 Å². The standard InChI is InChI=1S/C25H21N9O/c1-14-15(10-26)5-3-7-17(14)23-30-21(22-24(31-23)28-13-27-22)20-12-34(33-32-20)11-18-19-8-4-6-16(29-19)9-25(18,2)35/h3-8,12-13,18,35H,9,11H2,1-2H3,(H,27,28,30,31). The first-order valence-electron chi connectivity index (χ1n) is 11.2. The molecule has 0 fully saturated rings. The fourth-order valence-corrected chi connectivity index (χ4v) is 4.71. The highest BCUT2D eigenvalue weighted by molar-refractivity contribution is 5.87. The lowest BCUT2D eigenvalue weighted by Gasteiger charge is -2.36. The van der Waals surface area contributed by atoms with E-state index in [4.69, 9.17) is 4.98 Å². The van der Waals surface area contributed by atoms with Gasteiger partial charge in [0.05, 0.1) is 36.3 Å². The van der Waals surface area contributed by atoms with E-state index < -0.39 is 5.60 Å². The molecule has 10 nitrogen and oxygen atoms in total. The monoisotopic (exact) mass is 463 g/mol. The highest BCUT2D eigenvalue weighted by Gasteiger charge is 2.38. The summed E-state index contributed by atoms with van der Waals surface area (Å²) in [6.45, 7) is 4.13. The fraction of sp³-hybridized carbons (Fsp3) is 0.240. The third kappa shape index (κ3) is 3.53. The number of aromatic amines is 1. The number of fused-ring (bicyclic) bond motifs is 3. The number of pyridine rings is 1. The molecule has 0 spiro atoms. The van der Waals surface area contributed by atoms with Crippen LogP contribution in [0.3, 0.4) is 0 Å². The second-order valence-electron chi connectivity index (χ2n) is 9.05. The Labute approximate surface area is 200 Å². The van der Waals surface area contributed by atoms with Crippen LogP contribution in [-0.4, -0.2) is 50.6 Å². The van der Waals surface area contributed by atoms with E-state index in [0.29, 0.717) is 46.9 Å². The molecule has 0 radical (unpaired) electrons. The minimum atomic E-state index is -0.943. The van der Waals surface area contributed by atoms with Crippen molar-refractivity contribution in [2.45, 2.75) is 38.3 Å². The number of nitrogens with zero attached hydrogens (tertiary/aromatic N) is 8. The molecule has 1 aromatic carbocycles. The van der Waals surface area contributed by atoms with E-state index in [0.717, 1.165) is 22.5 Å². The molecule has 35 heavy (non-hydrogen) atoms. The molecule has 6 rings (SSSR count). The number of aromatic nitrogens is 8. The van der Waals surface area contributed by atoms with Crippen molar-refractivity contribution < 1.29 is 5.11 Å². The molecule has 5 aromatic rings. The first kappa shape index (κ1) is 21.1. The van der Waals surface area contributed by atoms with Gasteiger partial charge in [-0.15, -0.1) is 5.10 Å². The lowest BCUT2D eigenvalue weighted by atomic mass is 9.79. The van der Waals surface area contributed by atoms with E-state index in [9.17, 15) is 10.4 Å². The van der Waals surface area contributed by atoms with E-state index in [1.54, 1.807) is 23.3 Å². The minimum absolute atomic E-state index is 0.227. The number of rotatable bonds is 4. The maximum atomic E-state index is 11.1. The van der Waals surface area contributed by atoms with Crippen molar-refractivity contribution in [1.29, 1.82) is 5.26 Å². The van der Waals surface area contributed by atoms with Gasteiger partial charge in [0.1, 0.15) is 16.9 Å². The largest absolute Gasteiger partial charge is 0.389 e. The average molecular weight is 464 g/mol. The predicted octanol–water partition coefficient (Wildman–Crippen LogP) is 2.94. The number of H-pyrrole nitrogens is 1. The van der Waals surface area contributed by atoms with Crippen LogP contribution in [0.4, 0.5) is 0 Å². The zero-order valence-electron chi connectivity index (χ0n) is 19.1. The quantitative estimate of drug-likeness (QED) is 0.414. The van der Waals surface area contributed by atoms with Gasteiger partial charge in [0.15, 0.2) is 11.5 Å². The number of benzene rings is 1. The lowest BCUT2D eigenvalue weighted by molar-refractivity contribution is 0.0153. The smallest absolute Gasteiger partial charge is 0.181 e. The Morgan fingerprint density at radius 1 is 1.20 bits per heavy atom. The summed E-state index contributed by atoms with van der Waals surface area (Å²) in [5, 5.41) is 29.2. The van der Waals surface area contributed by atoms with Crippen LogP contribution in [0.2, 0.25) is 0 Å². The maximum Gasteiger partial charge on any atom is 0.181 e. The van der Waals surface area contributed by atoms with Crippen LogP contribution in [0, 0.1) is 18.3 Å². The second-order valence-corrected chi connectivity index (χ2v) is 9.05. The van der Waals surface area contributed by atoms with Gasteiger partial charge in [-0.1, -0.05) is 23.4 Å². The summed E-state index contributed by atoms with van der Waals surface area (Å²) in [6.07, 6.45) is 3.85. The summed E-state index contributed by atoms with van der Waals surface area (Å²) < 4.78 is 1.71. The van der Waals surface area contributed by atoms with E-state index in [-0.39, 0.29) is 5.92 Å². The fourth-order valence-electron chi connectivity index (χ4n) is 4.71. The Kier molecular flexibility index (Phi) is 4.69. The van der Waals surface area contributed by atoms with Crippen LogP contribution in [0.1, 0.15) is 35.4 Å². The molecule has 2 N–H and O–H groups in total. The third-order valence-electron chi connectivity index (χ3n) is 6.61. The first-order valence-corrected chi connectivity index (χ1v) is 11.2. The summed E-state index contributed by atoms with van der Waals surface area (Å²) in [6, 6.07) is 13.5. The normalized spacial score (nSPS) is 19.1. The lowest BCUT2D eigenvalue weighted by Crippen LogP contribution is -2.41. The van der Waals surface area contributed by atoms with Crippen molar-refractivity contribution in [1.82, 2.24) is 39.9 Å². The number of hydrogen-bond acceptors (Lipinski definition) is 8. The van der Waals surface area contributed by atoms with Gasteiger partial charge in [0.2, 0.25) is 0 Å². The molecule has 2 atom stereocenters. The molecule has 0 amide bonds. The van der Waals surface area contributed by atoms with Gasteiger partial charge in [-0.05, 0) is 37.6 Å². The second kappa shape index (κ2) is 7.78. The molecule has 0 aliphatic carbocycles. The number of nitriles is 1. The minimum Gasteiger partial charge on any atom is -0.389 e. The van der Waals surface area contributed by atoms with Crippen molar-refractivity contribution in [3.63, 3.8) is 0 Å². The molecule has 0 saturated heterocycles. The van der Waals surface area contributed by atoms with Gasteiger partial charge in [-0.2, -0.15) is 5.26 Å². The van der Waals surface area contributed by atoms with Gasteiger partial charge in [0.25, 0.3) is 0 Å². The molecule has 10 heteroatoms. The Morgan fingerprint density at radius 3 is 2.91 bits per heavy atom. The molecular formula is C25H21N9O. The topological polar surface area (TPSA) is 142 Å². The molecule has 5 heterocycles. The van der Waals surface area contributed by atoms with Crippen LogP contribution in [0.5, 0.6) is 0 Å². The SMILES string of the molecule is Cc1c(C#N)cccc1-c1nc(-c2cn(CC3c4cccc(n4)CC3(C)O)nn2)c2[nH]cnc2n1. The molecule has 2 bridgehead atoms. The summed E-state index contributed by atoms with van der Waals surface area (Å²) >= 11 is 0. The zero-order valence-corrected chi connectivity index (χ0v) is 19.1. The molecule has 1 aliphatic rings. The summed E-state index contributed by atoms with van der Waals surface area (Å²) in [4.78, 5) is 21.5. The van der Waals surface area contributed by atoms with Gasteiger partial charge >= 0.3 is 0 Å². The molecule has 2 unspecified atom stereocenters. The Morgan fingerprint density at radius 2 is 2.06 bits per heavy atom. The molecule has 1 aliphatic heterocycles. The van der Waals surface area contributed by atoms with Gasteiger partial charge < -0.3 is 10.1 Å². The van der Waals surface area contributed by atoms with E-state index in [1.807, 2.05) is 44.2 Å². The highest BCUT2D eigenvalue weighted by Crippen LogP contribution is 2.36.